The van der Waals surface area contributed by atoms with Gasteiger partial charge in [0, 0.05) is 17.3 Å². The van der Waals surface area contributed by atoms with Crippen molar-refractivity contribution in [3.8, 4) is 0 Å². The molecule has 1 atom stereocenters. The number of benzene rings is 1. The molecule has 0 aliphatic rings. The van der Waals surface area contributed by atoms with E-state index in [2.05, 4.69) is 10.5 Å². The number of nitrogens with one attached hydrogen (secondary N) is 1. The van der Waals surface area contributed by atoms with Crippen molar-refractivity contribution >= 4 is 23.1 Å². The second-order valence-electron chi connectivity index (χ2n) is 3.91. The third kappa shape index (κ3) is 3.92. The number of halogens is 4. The summed E-state index contributed by atoms with van der Waals surface area (Å²) in [5, 5.41) is 13.8. The second-order valence-corrected chi connectivity index (χ2v) is 4.32. The lowest BCUT2D eigenvalue weighted by Crippen LogP contribution is -2.40. The van der Waals surface area contributed by atoms with Gasteiger partial charge in [-0.15, -0.1) is 0 Å². The number of hydrogen-bond acceptors (Lipinski definition) is 3. The predicted molar refractivity (Wildman–Crippen MR) is 67.6 cm³/mol. The van der Waals surface area contributed by atoms with Crippen LogP contribution in [0, 0.1) is 12.8 Å². The van der Waals surface area contributed by atoms with Gasteiger partial charge >= 0.3 is 6.18 Å². The topological polar surface area (TPSA) is 70.6 Å². The molecule has 1 aromatic rings. The average molecular weight is 296 g/mol. The smallest absolute Gasteiger partial charge is 0.400 e. The van der Waals surface area contributed by atoms with E-state index in [-0.39, 0.29) is 0 Å². The van der Waals surface area contributed by atoms with Gasteiger partial charge in [0.15, 0.2) is 5.84 Å². The lowest BCUT2D eigenvalue weighted by molar-refractivity contribution is -0.152. The van der Waals surface area contributed by atoms with Crippen LogP contribution in [0.15, 0.2) is 23.4 Å². The summed E-state index contributed by atoms with van der Waals surface area (Å²) in [4.78, 5) is 0. The summed E-state index contributed by atoms with van der Waals surface area (Å²) in [6.07, 6.45) is -4.60. The Balaban J connectivity index is 2.86. The first kappa shape index (κ1) is 15.4. The van der Waals surface area contributed by atoms with Gasteiger partial charge in [0.05, 0.1) is 0 Å². The number of hydrogen-bond donors (Lipinski definition) is 3. The van der Waals surface area contributed by atoms with Crippen molar-refractivity contribution in [3.63, 3.8) is 0 Å². The van der Waals surface area contributed by atoms with Crippen LogP contribution in [0.5, 0.6) is 0 Å². The van der Waals surface area contributed by atoms with Crippen molar-refractivity contribution in [2.45, 2.75) is 13.1 Å². The van der Waals surface area contributed by atoms with Gasteiger partial charge < -0.3 is 16.3 Å². The third-order valence-electron chi connectivity index (χ3n) is 2.63. The molecule has 0 fully saturated rings. The molecular formula is C11H13ClF3N3O. The fourth-order valence-electron chi connectivity index (χ4n) is 1.47. The SMILES string of the molecule is Cc1c(Cl)cccc1NCC(/C(N)=N/O)C(F)(F)F. The van der Waals surface area contributed by atoms with Crippen molar-refractivity contribution in [2.75, 3.05) is 11.9 Å². The maximum absolute atomic E-state index is 12.7. The highest BCUT2D eigenvalue weighted by molar-refractivity contribution is 6.31. The summed E-state index contributed by atoms with van der Waals surface area (Å²) < 4.78 is 38.1. The summed E-state index contributed by atoms with van der Waals surface area (Å²) >= 11 is 5.86. The van der Waals surface area contributed by atoms with Gasteiger partial charge in [0.2, 0.25) is 0 Å². The van der Waals surface area contributed by atoms with Gasteiger partial charge in [0.25, 0.3) is 0 Å². The molecule has 0 radical (unpaired) electrons. The number of rotatable bonds is 4. The summed E-state index contributed by atoms with van der Waals surface area (Å²) in [6, 6.07) is 4.84. The van der Waals surface area contributed by atoms with Crippen LogP contribution in [0.4, 0.5) is 18.9 Å². The van der Waals surface area contributed by atoms with E-state index in [1.807, 2.05) is 0 Å². The van der Waals surface area contributed by atoms with E-state index >= 15 is 0 Å². The summed E-state index contributed by atoms with van der Waals surface area (Å²) in [5.41, 5.74) is 6.14. The molecule has 0 saturated carbocycles. The molecule has 1 unspecified atom stereocenters. The number of oxime groups is 1. The van der Waals surface area contributed by atoms with Crippen LogP contribution in [0.3, 0.4) is 0 Å². The van der Waals surface area contributed by atoms with Crippen LogP contribution in [0.25, 0.3) is 0 Å². The van der Waals surface area contributed by atoms with Crippen LogP contribution in [-0.2, 0) is 0 Å². The van der Waals surface area contributed by atoms with Crippen LogP contribution in [-0.4, -0.2) is 23.8 Å². The first-order chi connectivity index (χ1) is 8.77. The molecule has 1 rings (SSSR count). The molecule has 0 aromatic heterocycles. The number of nitrogens with two attached hydrogens (primary N) is 1. The zero-order valence-corrected chi connectivity index (χ0v) is 10.8. The Kier molecular flexibility index (Phi) is 4.88. The Morgan fingerprint density at radius 1 is 1.53 bits per heavy atom. The Morgan fingerprint density at radius 3 is 2.68 bits per heavy atom. The molecule has 0 aliphatic heterocycles. The molecule has 1 aromatic carbocycles. The Labute approximate surface area is 113 Å². The molecule has 106 valence electrons. The van der Waals surface area contributed by atoms with Gasteiger partial charge in [-0.1, -0.05) is 22.8 Å². The molecule has 0 saturated heterocycles. The van der Waals surface area contributed by atoms with Gasteiger partial charge in [-0.2, -0.15) is 13.2 Å². The minimum Gasteiger partial charge on any atom is -0.409 e. The maximum atomic E-state index is 12.7. The fraction of sp³-hybridized carbons (Fsp3) is 0.364. The molecule has 0 bridgehead atoms. The first-order valence-corrected chi connectivity index (χ1v) is 5.68. The van der Waals surface area contributed by atoms with Gasteiger partial charge in [0.1, 0.15) is 5.92 Å². The fourth-order valence-corrected chi connectivity index (χ4v) is 1.64. The molecule has 0 aliphatic carbocycles. The Bertz CT molecular complexity index is 477. The van der Waals surface area contributed by atoms with Crippen molar-refractivity contribution in [1.82, 2.24) is 0 Å². The summed E-state index contributed by atoms with van der Waals surface area (Å²) in [5.74, 6) is -2.96. The number of amidine groups is 1. The molecule has 0 heterocycles. The molecule has 8 heteroatoms. The zero-order valence-electron chi connectivity index (χ0n) is 10.0. The minimum atomic E-state index is -4.60. The van der Waals surface area contributed by atoms with E-state index in [4.69, 9.17) is 22.5 Å². The number of anilines is 1. The monoisotopic (exact) mass is 295 g/mol. The Morgan fingerprint density at radius 2 is 2.16 bits per heavy atom. The molecule has 19 heavy (non-hydrogen) atoms. The lowest BCUT2D eigenvalue weighted by atomic mass is 10.1. The molecule has 0 amide bonds. The van der Waals surface area contributed by atoms with Crippen LogP contribution in [0.2, 0.25) is 5.02 Å². The van der Waals surface area contributed by atoms with Crippen LogP contribution in [0.1, 0.15) is 5.56 Å². The van der Waals surface area contributed by atoms with E-state index in [1.165, 1.54) is 0 Å². The standard InChI is InChI=1S/C11H13ClF3N3O/c1-6-8(12)3-2-4-9(6)17-5-7(10(16)18-19)11(13,14)15/h2-4,7,17,19H,5H2,1H3,(H2,16,18). The third-order valence-corrected chi connectivity index (χ3v) is 3.04. The quantitative estimate of drug-likeness (QED) is 0.346. The zero-order chi connectivity index (χ0) is 14.6. The first-order valence-electron chi connectivity index (χ1n) is 5.30. The second kappa shape index (κ2) is 6.01. The normalized spacial score (nSPS) is 14.3. The predicted octanol–water partition coefficient (Wildman–Crippen LogP) is 2.99. The molecule has 4 nitrogen and oxygen atoms in total. The van der Waals surface area contributed by atoms with Gasteiger partial charge in [-0.3, -0.25) is 0 Å². The molecular weight excluding hydrogens is 283 g/mol. The highest BCUT2D eigenvalue weighted by atomic mass is 35.5. The number of alkyl halides is 3. The highest BCUT2D eigenvalue weighted by Gasteiger charge is 2.42. The van der Waals surface area contributed by atoms with E-state index in [0.717, 1.165) is 0 Å². The van der Waals surface area contributed by atoms with E-state index in [0.29, 0.717) is 16.3 Å². The largest absolute Gasteiger partial charge is 0.409 e. The summed E-state index contributed by atoms with van der Waals surface area (Å²) in [7, 11) is 0. The van der Waals surface area contributed by atoms with Gasteiger partial charge in [-0.25, -0.2) is 0 Å². The van der Waals surface area contributed by atoms with E-state index < -0.39 is 24.5 Å². The van der Waals surface area contributed by atoms with E-state index in [1.54, 1.807) is 25.1 Å². The highest BCUT2D eigenvalue weighted by Crippen LogP contribution is 2.28. The van der Waals surface area contributed by atoms with Gasteiger partial charge in [-0.05, 0) is 24.6 Å². The van der Waals surface area contributed by atoms with Crippen LogP contribution >= 0.6 is 11.6 Å². The molecule has 4 N–H and O–H groups in total. The van der Waals surface area contributed by atoms with E-state index in [9.17, 15) is 13.2 Å². The molecule has 0 spiro atoms. The minimum absolute atomic E-state index is 0.442. The van der Waals surface area contributed by atoms with Crippen molar-refractivity contribution in [2.24, 2.45) is 16.8 Å². The van der Waals surface area contributed by atoms with Crippen LogP contribution < -0.4 is 11.1 Å². The summed E-state index contributed by atoms with van der Waals surface area (Å²) in [6.45, 7) is 1.14. The Hall–Kier alpha value is -1.63. The lowest BCUT2D eigenvalue weighted by Gasteiger charge is -2.20. The number of nitrogens with zero attached hydrogens (tertiary/aromatic N) is 1. The van der Waals surface area contributed by atoms with Crippen molar-refractivity contribution in [1.29, 1.82) is 0 Å². The van der Waals surface area contributed by atoms with Crippen molar-refractivity contribution in [3.05, 3.63) is 28.8 Å². The maximum Gasteiger partial charge on any atom is 0.400 e. The van der Waals surface area contributed by atoms with Crippen molar-refractivity contribution < 1.29 is 18.4 Å². The average Bonchev–Trinajstić information content (AvgIpc) is 2.32.